The quantitative estimate of drug-likeness (QED) is 0.681. The molecule has 0 saturated carbocycles. The number of hydrogen-bond acceptors (Lipinski definition) is 4. The molecule has 1 aliphatic heterocycles. The summed E-state index contributed by atoms with van der Waals surface area (Å²) in [4.78, 5) is 14.1. The van der Waals surface area contributed by atoms with Gasteiger partial charge in [0.15, 0.2) is 5.78 Å². The maximum Gasteiger partial charge on any atom is 0.243 e. The summed E-state index contributed by atoms with van der Waals surface area (Å²) in [5, 5.41) is 0. The van der Waals surface area contributed by atoms with Gasteiger partial charge in [0.25, 0.3) is 0 Å². The highest BCUT2D eigenvalue weighted by molar-refractivity contribution is 7.89. The molecule has 0 unspecified atom stereocenters. The number of hydrogen-bond donors (Lipinski definition) is 0. The lowest BCUT2D eigenvalue weighted by Crippen LogP contribution is -2.49. The highest BCUT2D eigenvalue weighted by atomic mass is 32.2. The van der Waals surface area contributed by atoms with Gasteiger partial charge < -0.3 is 4.90 Å². The van der Waals surface area contributed by atoms with E-state index in [0.29, 0.717) is 36.6 Å². The average molecular weight is 429 g/mol. The highest BCUT2D eigenvalue weighted by Gasteiger charge is 2.31. The molecular weight excluding hydrogens is 396 g/mol. The third-order valence-corrected chi connectivity index (χ3v) is 8.01. The van der Waals surface area contributed by atoms with E-state index in [1.54, 1.807) is 11.2 Å². The number of rotatable bonds is 4. The smallest absolute Gasteiger partial charge is 0.243 e. The molecule has 0 N–H and O–H groups in total. The number of anilines is 1. The Balaban J connectivity index is 1.79. The summed E-state index contributed by atoms with van der Waals surface area (Å²) in [5.41, 5.74) is 4.43. The Bertz CT molecular complexity index is 1020. The van der Waals surface area contributed by atoms with E-state index in [4.69, 9.17) is 0 Å². The lowest BCUT2D eigenvalue weighted by Gasteiger charge is -2.36. The fraction of sp³-hybridized carbons (Fsp3) is 0.458. The van der Waals surface area contributed by atoms with Gasteiger partial charge in [0.1, 0.15) is 0 Å². The Morgan fingerprint density at radius 2 is 1.40 bits per heavy atom. The number of carbonyl (C=O) groups is 1. The first kappa shape index (κ1) is 22.5. The normalized spacial score (nSPS) is 16.0. The van der Waals surface area contributed by atoms with Crippen LogP contribution in [0.25, 0.3) is 0 Å². The van der Waals surface area contributed by atoms with Gasteiger partial charge in [0.2, 0.25) is 10.0 Å². The van der Waals surface area contributed by atoms with Crippen molar-refractivity contribution in [2.24, 2.45) is 0 Å². The van der Waals surface area contributed by atoms with Crippen molar-refractivity contribution in [3.05, 3.63) is 58.7 Å². The van der Waals surface area contributed by atoms with E-state index in [1.165, 1.54) is 0 Å². The van der Waals surface area contributed by atoms with Gasteiger partial charge in [0, 0.05) is 37.4 Å². The second-order valence-electron chi connectivity index (χ2n) is 9.18. The third kappa shape index (κ3) is 4.44. The first-order valence-electron chi connectivity index (χ1n) is 10.4. The van der Waals surface area contributed by atoms with Crippen LogP contribution in [0.2, 0.25) is 0 Å². The molecule has 6 heteroatoms. The van der Waals surface area contributed by atoms with Crippen molar-refractivity contribution >= 4 is 21.5 Å². The van der Waals surface area contributed by atoms with Gasteiger partial charge in [-0.2, -0.15) is 4.31 Å². The molecule has 0 aliphatic carbocycles. The molecule has 0 aromatic heterocycles. The zero-order chi connectivity index (χ0) is 22.3. The van der Waals surface area contributed by atoms with Crippen LogP contribution in [0.4, 0.5) is 5.69 Å². The van der Waals surface area contributed by atoms with Gasteiger partial charge in [0.05, 0.1) is 4.90 Å². The number of ketones is 1. The molecule has 0 bridgehead atoms. The molecule has 2 aromatic rings. The van der Waals surface area contributed by atoms with Crippen molar-refractivity contribution in [3.63, 3.8) is 0 Å². The van der Waals surface area contributed by atoms with Crippen LogP contribution in [0.5, 0.6) is 0 Å². The number of Topliss-reactive ketones (excluding diaryl/α,β-unsaturated/α-hetero) is 1. The Kier molecular flexibility index (Phi) is 6.12. The first-order valence-corrected chi connectivity index (χ1v) is 11.8. The second kappa shape index (κ2) is 8.16. The standard InChI is InChI=1S/C24H32N2O3S/c1-17-15-21(24(4,5)6)16-18(2)23(17)30(28,29)26-13-11-25(12-14-26)22-9-7-20(8-10-22)19(3)27/h7-10,15-16H,11-14H2,1-6H3. The Labute approximate surface area is 180 Å². The summed E-state index contributed by atoms with van der Waals surface area (Å²) in [7, 11) is -3.55. The fourth-order valence-corrected chi connectivity index (χ4v) is 5.85. The summed E-state index contributed by atoms with van der Waals surface area (Å²) in [5.74, 6) is 0.0423. The largest absolute Gasteiger partial charge is 0.369 e. The van der Waals surface area contributed by atoms with Crippen LogP contribution in [-0.2, 0) is 15.4 Å². The number of nitrogens with zero attached hydrogens (tertiary/aromatic N) is 2. The zero-order valence-electron chi connectivity index (χ0n) is 18.8. The van der Waals surface area contributed by atoms with E-state index >= 15 is 0 Å². The van der Waals surface area contributed by atoms with Crippen LogP contribution < -0.4 is 4.90 Å². The molecule has 0 atom stereocenters. The average Bonchev–Trinajstić information content (AvgIpc) is 2.66. The highest BCUT2D eigenvalue weighted by Crippen LogP contribution is 2.31. The molecule has 0 amide bonds. The molecule has 0 spiro atoms. The SMILES string of the molecule is CC(=O)c1ccc(N2CCN(S(=O)(=O)c3c(C)cc(C(C)(C)C)cc3C)CC2)cc1. The monoisotopic (exact) mass is 428 g/mol. The number of sulfonamides is 1. The summed E-state index contributed by atoms with van der Waals surface area (Å²) in [6, 6.07) is 11.5. The molecule has 1 aliphatic rings. The van der Waals surface area contributed by atoms with Gasteiger partial charge >= 0.3 is 0 Å². The maximum absolute atomic E-state index is 13.4. The van der Waals surface area contributed by atoms with E-state index in [0.717, 1.165) is 22.4 Å². The van der Waals surface area contributed by atoms with Crippen LogP contribution in [0.1, 0.15) is 54.7 Å². The minimum Gasteiger partial charge on any atom is -0.369 e. The Morgan fingerprint density at radius 1 is 0.900 bits per heavy atom. The van der Waals surface area contributed by atoms with Crippen LogP contribution >= 0.6 is 0 Å². The molecule has 1 saturated heterocycles. The van der Waals surface area contributed by atoms with E-state index < -0.39 is 10.0 Å². The number of piperazine rings is 1. The second-order valence-corrected chi connectivity index (χ2v) is 11.1. The molecule has 3 rings (SSSR count). The number of aryl methyl sites for hydroxylation is 2. The Morgan fingerprint density at radius 3 is 1.83 bits per heavy atom. The first-order chi connectivity index (χ1) is 13.9. The van der Waals surface area contributed by atoms with Gasteiger partial charge in [-0.25, -0.2) is 8.42 Å². The molecule has 30 heavy (non-hydrogen) atoms. The van der Waals surface area contributed by atoms with Crippen molar-refractivity contribution in [1.29, 1.82) is 0 Å². The number of carbonyl (C=O) groups excluding carboxylic acids is 1. The third-order valence-electron chi connectivity index (χ3n) is 5.80. The minimum absolute atomic E-state index is 0.0264. The minimum atomic E-state index is -3.55. The van der Waals surface area contributed by atoms with Crippen molar-refractivity contribution in [1.82, 2.24) is 4.31 Å². The molecular formula is C24H32N2O3S. The molecule has 1 heterocycles. The van der Waals surface area contributed by atoms with E-state index in [1.807, 2.05) is 50.2 Å². The topological polar surface area (TPSA) is 57.7 Å². The van der Waals surface area contributed by atoms with Gasteiger partial charge in [-0.05, 0) is 67.1 Å². The molecule has 2 aromatic carbocycles. The van der Waals surface area contributed by atoms with E-state index in [9.17, 15) is 13.2 Å². The number of benzene rings is 2. The van der Waals surface area contributed by atoms with Crippen molar-refractivity contribution in [3.8, 4) is 0 Å². The van der Waals surface area contributed by atoms with Gasteiger partial charge in [-0.15, -0.1) is 0 Å². The lowest BCUT2D eigenvalue weighted by atomic mass is 9.85. The van der Waals surface area contributed by atoms with Crippen LogP contribution in [0, 0.1) is 13.8 Å². The molecule has 0 radical (unpaired) electrons. The fourth-order valence-electron chi connectivity index (χ4n) is 4.01. The van der Waals surface area contributed by atoms with Crippen LogP contribution in [-0.4, -0.2) is 44.7 Å². The molecule has 162 valence electrons. The Hall–Kier alpha value is -2.18. The van der Waals surface area contributed by atoms with E-state index in [2.05, 4.69) is 25.7 Å². The van der Waals surface area contributed by atoms with Crippen molar-refractivity contribution in [2.75, 3.05) is 31.1 Å². The summed E-state index contributed by atoms with van der Waals surface area (Å²) < 4.78 is 28.4. The molecule has 1 fully saturated rings. The predicted molar refractivity (Wildman–Crippen MR) is 122 cm³/mol. The van der Waals surface area contributed by atoms with Crippen LogP contribution in [0.3, 0.4) is 0 Å². The van der Waals surface area contributed by atoms with E-state index in [-0.39, 0.29) is 11.2 Å². The van der Waals surface area contributed by atoms with Crippen molar-refractivity contribution < 1.29 is 13.2 Å². The van der Waals surface area contributed by atoms with Crippen LogP contribution in [0.15, 0.2) is 41.3 Å². The predicted octanol–water partition coefficient (Wildman–Crippen LogP) is 4.31. The summed E-state index contributed by atoms with van der Waals surface area (Å²) in [6.45, 7) is 13.9. The summed E-state index contributed by atoms with van der Waals surface area (Å²) >= 11 is 0. The summed E-state index contributed by atoms with van der Waals surface area (Å²) in [6.07, 6.45) is 0. The van der Waals surface area contributed by atoms with Crippen molar-refractivity contribution in [2.45, 2.75) is 51.9 Å². The molecule has 5 nitrogen and oxygen atoms in total. The maximum atomic E-state index is 13.4. The zero-order valence-corrected chi connectivity index (χ0v) is 19.6. The van der Waals surface area contributed by atoms with Gasteiger partial charge in [-0.1, -0.05) is 32.9 Å². The van der Waals surface area contributed by atoms with Gasteiger partial charge in [-0.3, -0.25) is 4.79 Å². The lowest BCUT2D eigenvalue weighted by molar-refractivity contribution is 0.101.